The molecule has 2 N–H and O–H groups in total. The molecule has 0 aromatic carbocycles. The van der Waals surface area contributed by atoms with Crippen LogP contribution in [-0.2, 0) is 0 Å². The predicted octanol–water partition coefficient (Wildman–Crippen LogP) is 1.82. The largest absolute Gasteiger partial charge is 0.402 e. The van der Waals surface area contributed by atoms with Crippen molar-refractivity contribution in [1.29, 1.82) is 0 Å². The molecule has 0 aromatic heterocycles. The Morgan fingerprint density at radius 3 is 2.62 bits per heavy atom. The summed E-state index contributed by atoms with van der Waals surface area (Å²) in [6.07, 6.45) is 6.76. The topological polar surface area (TPSA) is 26.0 Å². The number of hydrogen-bond acceptors (Lipinski definition) is 1. The molecule has 0 atom stereocenters. The number of rotatable bonds is 2. The summed E-state index contributed by atoms with van der Waals surface area (Å²) in [4.78, 5) is 0. The summed E-state index contributed by atoms with van der Waals surface area (Å²) < 4.78 is 0. The fourth-order valence-corrected chi connectivity index (χ4v) is 0.338. The van der Waals surface area contributed by atoms with Crippen LogP contribution in [0.1, 0.15) is 20.3 Å². The Bertz CT molecular complexity index is 101. The highest BCUT2D eigenvalue weighted by molar-refractivity contribution is 5.07. The Balaban J connectivity index is 3.57. The number of nitrogens with two attached hydrogens (primary N) is 1. The first-order valence-corrected chi connectivity index (χ1v) is 2.88. The summed E-state index contributed by atoms with van der Waals surface area (Å²) in [5, 5.41) is 0. The third-order valence-electron chi connectivity index (χ3n) is 0.911. The number of allylic oxidation sites excluding steroid dienone is 4. The van der Waals surface area contributed by atoms with E-state index in [-0.39, 0.29) is 0 Å². The quantitative estimate of drug-likeness (QED) is 0.540. The maximum atomic E-state index is 5.47. The van der Waals surface area contributed by atoms with Gasteiger partial charge in [0, 0.05) is 5.70 Å². The van der Waals surface area contributed by atoms with Gasteiger partial charge in [-0.1, -0.05) is 19.1 Å². The van der Waals surface area contributed by atoms with E-state index in [1.54, 1.807) is 0 Å². The molecule has 46 valence electrons. The molecular weight excluding hydrogens is 98.1 g/mol. The molecular formula is C7H13N. The maximum Gasteiger partial charge on any atom is 0.00775 e. The lowest BCUT2D eigenvalue weighted by Crippen LogP contribution is -1.92. The molecule has 0 radical (unpaired) electrons. The van der Waals surface area contributed by atoms with E-state index in [0.717, 1.165) is 12.1 Å². The summed E-state index contributed by atoms with van der Waals surface area (Å²) in [5.74, 6) is 0. The molecule has 0 heterocycles. The summed E-state index contributed by atoms with van der Waals surface area (Å²) >= 11 is 0. The van der Waals surface area contributed by atoms with Crippen LogP contribution in [0.3, 0.4) is 0 Å². The molecule has 0 amide bonds. The zero-order valence-corrected chi connectivity index (χ0v) is 5.52. The van der Waals surface area contributed by atoms with E-state index in [0.29, 0.717) is 0 Å². The molecule has 0 aromatic rings. The normalized spacial score (nSPS) is 13.0. The monoisotopic (exact) mass is 111 g/mol. The van der Waals surface area contributed by atoms with E-state index in [9.17, 15) is 0 Å². The van der Waals surface area contributed by atoms with E-state index < -0.39 is 0 Å². The second-order valence-electron chi connectivity index (χ2n) is 1.62. The molecule has 0 bridgehead atoms. The molecule has 0 spiro atoms. The van der Waals surface area contributed by atoms with Crippen LogP contribution in [0.4, 0.5) is 0 Å². The molecule has 1 heteroatoms. The Morgan fingerprint density at radius 2 is 2.25 bits per heavy atom. The zero-order valence-electron chi connectivity index (χ0n) is 5.52. The van der Waals surface area contributed by atoms with Gasteiger partial charge in [-0.15, -0.1) is 0 Å². The van der Waals surface area contributed by atoms with Crippen LogP contribution in [-0.4, -0.2) is 0 Å². The molecule has 0 aliphatic heterocycles. The summed E-state index contributed by atoms with van der Waals surface area (Å²) in [7, 11) is 0. The third-order valence-corrected chi connectivity index (χ3v) is 0.911. The lowest BCUT2D eigenvalue weighted by Gasteiger charge is -1.88. The van der Waals surface area contributed by atoms with Crippen molar-refractivity contribution < 1.29 is 0 Å². The van der Waals surface area contributed by atoms with Gasteiger partial charge in [0.1, 0.15) is 0 Å². The van der Waals surface area contributed by atoms with Crippen molar-refractivity contribution >= 4 is 0 Å². The van der Waals surface area contributed by atoms with Gasteiger partial charge < -0.3 is 5.73 Å². The van der Waals surface area contributed by atoms with Crippen LogP contribution in [0.2, 0.25) is 0 Å². The van der Waals surface area contributed by atoms with Gasteiger partial charge in [-0.3, -0.25) is 0 Å². The minimum absolute atomic E-state index is 0.933. The second-order valence-corrected chi connectivity index (χ2v) is 1.62. The molecule has 1 nitrogen and oxygen atoms in total. The molecule has 0 saturated heterocycles. The molecule has 0 saturated carbocycles. The van der Waals surface area contributed by atoms with Crippen molar-refractivity contribution in [2.24, 2.45) is 5.73 Å². The Morgan fingerprint density at radius 1 is 1.62 bits per heavy atom. The first-order valence-electron chi connectivity index (χ1n) is 2.88. The lowest BCUT2D eigenvalue weighted by molar-refractivity contribution is 1.07. The standard InChI is InChI=1S/C7H13N/c1-3-5-6-7(8)4-2/h3,5-6H,4,8H2,1-2H3/b5-3+,7-6-. The predicted molar refractivity (Wildman–Crippen MR) is 37.4 cm³/mol. The van der Waals surface area contributed by atoms with Crippen LogP contribution < -0.4 is 5.73 Å². The third kappa shape index (κ3) is 3.47. The Kier molecular flexibility index (Phi) is 4.04. The first-order chi connectivity index (χ1) is 3.81. The van der Waals surface area contributed by atoms with Gasteiger partial charge in [-0.05, 0) is 19.4 Å². The van der Waals surface area contributed by atoms with E-state index in [1.165, 1.54) is 0 Å². The van der Waals surface area contributed by atoms with Crippen molar-refractivity contribution in [3.05, 3.63) is 23.9 Å². The summed E-state index contributed by atoms with van der Waals surface area (Å²) in [5.41, 5.74) is 6.40. The molecule has 0 aliphatic rings. The molecule has 8 heavy (non-hydrogen) atoms. The second kappa shape index (κ2) is 4.44. The van der Waals surface area contributed by atoms with E-state index in [1.807, 2.05) is 32.1 Å². The zero-order chi connectivity index (χ0) is 6.41. The highest BCUT2D eigenvalue weighted by Crippen LogP contribution is 1.89. The summed E-state index contributed by atoms with van der Waals surface area (Å²) in [6, 6.07) is 0. The van der Waals surface area contributed by atoms with Crippen LogP contribution in [0.15, 0.2) is 23.9 Å². The van der Waals surface area contributed by atoms with Crippen molar-refractivity contribution in [2.45, 2.75) is 20.3 Å². The minimum Gasteiger partial charge on any atom is -0.402 e. The van der Waals surface area contributed by atoms with Gasteiger partial charge in [-0.2, -0.15) is 0 Å². The highest BCUT2D eigenvalue weighted by atomic mass is 14.6. The molecule has 0 unspecified atom stereocenters. The average Bonchev–Trinajstić information content (AvgIpc) is 1.83. The van der Waals surface area contributed by atoms with Crippen LogP contribution in [0, 0.1) is 0 Å². The molecule has 0 aliphatic carbocycles. The van der Waals surface area contributed by atoms with E-state index in [2.05, 4.69) is 0 Å². The van der Waals surface area contributed by atoms with Crippen LogP contribution >= 0.6 is 0 Å². The summed E-state index contributed by atoms with van der Waals surface area (Å²) in [6.45, 7) is 4.01. The molecule has 0 fully saturated rings. The van der Waals surface area contributed by atoms with Crippen molar-refractivity contribution in [3.8, 4) is 0 Å². The Labute approximate surface area is 50.9 Å². The smallest absolute Gasteiger partial charge is 0.00775 e. The Hall–Kier alpha value is -0.720. The molecule has 0 rings (SSSR count). The van der Waals surface area contributed by atoms with E-state index >= 15 is 0 Å². The first kappa shape index (κ1) is 7.28. The van der Waals surface area contributed by atoms with Gasteiger partial charge in [0.2, 0.25) is 0 Å². The SMILES string of the molecule is C/C=C/C=C(\N)CC. The average molecular weight is 111 g/mol. The number of hydrogen-bond donors (Lipinski definition) is 1. The van der Waals surface area contributed by atoms with Gasteiger partial charge in [-0.25, -0.2) is 0 Å². The van der Waals surface area contributed by atoms with Crippen LogP contribution in [0.5, 0.6) is 0 Å². The maximum absolute atomic E-state index is 5.47. The van der Waals surface area contributed by atoms with Crippen molar-refractivity contribution in [3.63, 3.8) is 0 Å². The van der Waals surface area contributed by atoms with Crippen molar-refractivity contribution in [1.82, 2.24) is 0 Å². The lowest BCUT2D eigenvalue weighted by atomic mass is 10.3. The van der Waals surface area contributed by atoms with Crippen LogP contribution in [0.25, 0.3) is 0 Å². The van der Waals surface area contributed by atoms with Gasteiger partial charge in [0.15, 0.2) is 0 Å². The van der Waals surface area contributed by atoms with Gasteiger partial charge in [0.05, 0.1) is 0 Å². The van der Waals surface area contributed by atoms with Gasteiger partial charge in [0.25, 0.3) is 0 Å². The van der Waals surface area contributed by atoms with Gasteiger partial charge >= 0.3 is 0 Å². The van der Waals surface area contributed by atoms with Crippen molar-refractivity contribution in [2.75, 3.05) is 0 Å². The fourth-order valence-electron chi connectivity index (χ4n) is 0.338. The fraction of sp³-hybridized carbons (Fsp3) is 0.429. The highest BCUT2D eigenvalue weighted by Gasteiger charge is 1.76. The minimum atomic E-state index is 0.933. The van der Waals surface area contributed by atoms with E-state index in [4.69, 9.17) is 5.73 Å².